The van der Waals surface area contributed by atoms with E-state index in [4.69, 9.17) is 0 Å². The highest BCUT2D eigenvalue weighted by atomic mass is 19.2. The first-order chi connectivity index (χ1) is 11.4. The van der Waals surface area contributed by atoms with Crippen LogP contribution in [0.5, 0.6) is 0 Å². The van der Waals surface area contributed by atoms with Crippen LogP contribution in [-0.2, 0) is 0 Å². The molecule has 0 bridgehead atoms. The molecule has 0 radical (unpaired) electrons. The molecular formula is C19H23F5. The number of hydrogen-bond donors (Lipinski definition) is 0. The molecule has 2 aliphatic rings. The smallest absolute Gasteiger partial charge is 0.194 e. The predicted molar refractivity (Wildman–Crippen MR) is 82.8 cm³/mol. The van der Waals surface area contributed by atoms with Crippen molar-refractivity contribution in [2.45, 2.75) is 69.6 Å². The molecule has 3 rings (SSSR count). The minimum atomic E-state index is -1.83. The molecule has 0 heterocycles. The Morgan fingerprint density at radius 1 is 1.08 bits per heavy atom. The minimum absolute atomic E-state index is 0.0599. The Labute approximate surface area is 139 Å². The summed E-state index contributed by atoms with van der Waals surface area (Å²) in [4.78, 5) is 0. The molecule has 0 nitrogen and oxygen atoms in total. The van der Waals surface area contributed by atoms with E-state index < -0.39 is 29.3 Å². The van der Waals surface area contributed by atoms with Gasteiger partial charge in [-0.25, -0.2) is 22.0 Å². The first-order valence-electron chi connectivity index (χ1n) is 8.84. The number of halogens is 5. The summed E-state index contributed by atoms with van der Waals surface area (Å²) >= 11 is 0. The quantitative estimate of drug-likeness (QED) is 0.449. The SMILES string of the molecule is CCCC1CC2CCC(c3cc(F)c(F)c(F)c3)CCC2(F)C1F. The van der Waals surface area contributed by atoms with E-state index >= 15 is 4.39 Å². The van der Waals surface area contributed by atoms with E-state index in [1.54, 1.807) is 0 Å². The molecule has 5 heteroatoms. The zero-order valence-electron chi connectivity index (χ0n) is 13.8. The molecule has 24 heavy (non-hydrogen) atoms. The highest BCUT2D eigenvalue weighted by Crippen LogP contribution is 2.54. The van der Waals surface area contributed by atoms with E-state index in [9.17, 15) is 17.6 Å². The highest BCUT2D eigenvalue weighted by molar-refractivity contribution is 5.24. The van der Waals surface area contributed by atoms with Crippen molar-refractivity contribution in [2.75, 3.05) is 0 Å². The maximum absolute atomic E-state index is 15.3. The van der Waals surface area contributed by atoms with Crippen molar-refractivity contribution in [1.82, 2.24) is 0 Å². The molecule has 2 fully saturated rings. The summed E-state index contributed by atoms with van der Waals surface area (Å²) in [6.45, 7) is 1.97. The molecule has 134 valence electrons. The zero-order chi connectivity index (χ0) is 17.5. The second kappa shape index (κ2) is 6.64. The second-order valence-corrected chi connectivity index (χ2v) is 7.42. The molecule has 0 spiro atoms. The summed E-state index contributed by atoms with van der Waals surface area (Å²) in [5.41, 5.74) is -1.48. The standard InChI is InChI=1S/C19H23F5/c1-2-3-12-8-14-5-4-11(6-7-19(14,24)18(12)23)13-9-15(20)17(22)16(21)10-13/h9-12,14,18H,2-8H2,1H3. The van der Waals surface area contributed by atoms with E-state index in [2.05, 4.69) is 0 Å². The van der Waals surface area contributed by atoms with Crippen molar-refractivity contribution in [3.63, 3.8) is 0 Å². The Balaban J connectivity index is 1.78. The Kier molecular flexibility index (Phi) is 4.89. The van der Waals surface area contributed by atoms with Crippen LogP contribution in [0.4, 0.5) is 22.0 Å². The fraction of sp³-hybridized carbons (Fsp3) is 0.684. The summed E-state index contributed by atoms with van der Waals surface area (Å²) in [6, 6.07) is 1.98. The Morgan fingerprint density at radius 2 is 1.75 bits per heavy atom. The van der Waals surface area contributed by atoms with Crippen molar-refractivity contribution >= 4 is 0 Å². The van der Waals surface area contributed by atoms with Crippen molar-refractivity contribution in [3.05, 3.63) is 35.1 Å². The number of benzene rings is 1. The lowest BCUT2D eigenvalue weighted by atomic mass is 9.87. The van der Waals surface area contributed by atoms with E-state index in [1.165, 1.54) is 0 Å². The van der Waals surface area contributed by atoms with Crippen LogP contribution < -0.4 is 0 Å². The van der Waals surface area contributed by atoms with E-state index in [0.29, 0.717) is 37.7 Å². The first-order valence-corrected chi connectivity index (χ1v) is 8.84. The van der Waals surface area contributed by atoms with Gasteiger partial charge in [0.05, 0.1) is 0 Å². The summed E-state index contributed by atoms with van der Waals surface area (Å²) in [5, 5.41) is 0. The van der Waals surface area contributed by atoms with Gasteiger partial charge in [0.1, 0.15) is 11.8 Å². The van der Waals surface area contributed by atoms with Gasteiger partial charge in [-0.2, -0.15) is 0 Å². The number of alkyl halides is 2. The maximum atomic E-state index is 15.3. The molecule has 5 unspecified atom stereocenters. The van der Waals surface area contributed by atoms with Crippen LogP contribution in [-0.4, -0.2) is 11.8 Å². The molecule has 0 aromatic heterocycles. The lowest BCUT2D eigenvalue weighted by molar-refractivity contribution is 0.0187. The fourth-order valence-electron chi connectivity index (χ4n) is 4.72. The van der Waals surface area contributed by atoms with Crippen LogP contribution in [0.2, 0.25) is 0 Å². The van der Waals surface area contributed by atoms with Crippen molar-refractivity contribution in [2.24, 2.45) is 11.8 Å². The topological polar surface area (TPSA) is 0 Å². The van der Waals surface area contributed by atoms with Gasteiger partial charge < -0.3 is 0 Å². The van der Waals surface area contributed by atoms with Gasteiger partial charge in [0.15, 0.2) is 17.5 Å². The minimum Gasteiger partial charge on any atom is -0.244 e. The largest absolute Gasteiger partial charge is 0.244 e. The lowest BCUT2D eigenvalue weighted by Crippen LogP contribution is -2.37. The van der Waals surface area contributed by atoms with Gasteiger partial charge in [0, 0.05) is 0 Å². The highest BCUT2D eigenvalue weighted by Gasteiger charge is 2.56. The van der Waals surface area contributed by atoms with Gasteiger partial charge in [-0.1, -0.05) is 13.3 Å². The van der Waals surface area contributed by atoms with Gasteiger partial charge in [0.2, 0.25) is 0 Å². The lowest BCUT2D eigenvalue weighted by Gasteiger charge is -2.27. The van der Waals surface area contributed by atoms with Crippen LogP contribution in [0.3, 0.4) is 0 Å². The average Bonchev–Trinajstić information content (AvgIpc) is 2.69. The third kappa shape index (κ3) is 2.95. The number of hydrogen-bond acceptors (Lipinski definition) is 0. The van der Waals surface area contributed by atoms with Gasteiger partial charge in [-0.05, 0) is 74.0 Å². The molecule has 0 amide bonds. The van der Waals surface area contributed by atoms with Crippen molar-refractivity contribution < 1.29 is 22.0 Å². The third-order valence-electron chi connectivity index (χ3n) is 6.01. The van der Waals surface area contributed by atoms with Crippen molar-refractivity contribution in [3.8, 4) is 0 Å². The number of rotatable bonds is 3. The molecular weight excluding hydrogens is 323 g/mol. The van der Waals surface area contributed by atoms with Gasteiger partial charge >= 0.3 is 0 Å². The van der Waals surface area contributed by atoms with Gasteiger partial charge in [-0.3, -0.25) is 0 Å². The second-order valence-electron chi connectivity index (χ2n) is 7.42. The normalized spacial score (nSPS) is 36.4. The van der Waals surface area contributed by atoms with E-state index in [-0.39, 0.29) is 24.2 Å². The molecule has 1 aromatic carbocycles. The molecule has 2 saturated carbocycles. The number of fused-ring (bicyclic) bond motifs is 1. The van der Waals surface area contributed by atoms with E-state index in [1.807, 2.05) is 6.92 Å². The zero-order valence-corrected chi connectivity index (χ0v) is 13.8. The van der Waals surface area contributed by atoms with Crippen LogP contribution in [0.15, 0.2) is 12.1 Å². The molecule has 0 N–H and O–H groups in total. The maximum Gasteiger partial charge on any atom is 0.194 e. The first kappa shape index (κ1) is 17.7. The third-order valence-corrected chi connectivity index (χ3v) is 6.01. The van der Waals surface area contributed by atoms with Crippen LogP contribution >= 0.6 is 0 Å². The Bertz CT molecular complexity index is 578. The van der Waals surface area contributed by atoms with Crippen LogP contribution in [0.1, 0.15) is 63.4 Å². The molecule has 5 atom stereocenters. The van der Waals surface area contributed by atoms with Gasteiger partial charge in [0.25, 0.3) is 0 Å². The summed E-state index contributed by atoms with van der Waals surface area (Å²) in [7, 11) is 0. The average molecular weight is 346 g/mol. The van der Waals surface area contributed by atoms with Crippen molar-refractivity contribution in [1.29, 1.82) is 0 Å². The Hall–Kier alpha value is -1.13. The molecule has 2 aliphatic carbocycles. The van der Waals surface area contributed by atoms with E-state index in [0.717, 1.165) is 18.6 Å². The monoisotopic (exact) mass is 346 g/mol. The summed E-state index contributed by atoms with van der Waals surface area (Å²) < 4.78 is 70.0. The molecule has 0 saturated heterocycles. The summed E-state index contributed by atoms with van der Waals surface area (Å²) in [5.74, 6) is -4.75. The predicted octanol–water partition coefficient (Wildman–Crippen LogP) is 6.24. The van der Waals surface area contributed by atoms with Crippen LogP contribution in [0.25, 0.3) is 0 Å². The van der Waals surface area contributed by atoms with Gasteiger partial charge in [-0.15, -0.1) is 0 Å². The molecule has 0 aliphatic heterocycles. The Morgan fingerprint density at radius 3 is 2.38 bits per heavy atom. The molecule has 1 aromatic rings. The summed E-state index contributed by atoms with van der Waals surface area (Å²) in [6.07, 6.45) is 2.06. The fourth-order valence-corrected chi connectivity index (χ4v) is 4.72. The van der Waals surface area contributed by atoms with Crippen LogP contribution in [0, 0.1) is 29.3 Å².